The summed E-state index contributed by atoms with van der Waals surface area (Å²) in [6.07, 6.45) is 1.79. The number of hydrogen-bond acceptors (Lipinski definition) is 4. The van der Waals surface area contributed by atoms with E-state index in [1.807, 2.05) is 0 Å². The molecule has 0 radical (unpaired) electrons. The van der Waals surface area contributed by atoms with Crippen LogP contribution in [0.4, 0.5) is 0 Å². The molecule has 102 valence electrons. The van der Waals surface area contributed by atoms with Crippen molar-refractivity contribution in [3.63, 3.8) is 0 Å². The molecule has 2 atom stereocenters. The van der Waals surface area contributed by atoms with Crippen molar-refractivity contribution in [2.75, 3.05) is 25.4 Å². The molecular formula is C12H25NO3S. The van der Waals surface area contributed by atoms with Gasteiger partial charge in [0.1, 0.15) is 0 Å². The van der Waals surface area contributed by atoms with E-state index in [9.17, 15) is 8.42 Å². The quantitative estimate of drug-likeness (QED) is 0.750. The molecule has 0 aromatic rings. The van der Waals surface area contributed by atoms with Crippen LogP contribution in [-0.2, 0) is 14.6 Å². The van der Waals surface area contributed by atoms with E-state index in [2.05, 4.69) is 19.2 Å². The van der Waals surface area contributed by atoms with Crippen molar-refractivity contribution in [2.45, 2.75) is 45.0 Å². The zero-order valence-electron chi connectivity index (χ0n) is 11.1. The predicted octanol–water partition coefficient (Wildman–Crippen LogP) is 1.21. The molecule has 4 nitrogen and oxygen atoms in total. The van der Waals surface area contributed by atoms with E-state index >= 15 is 0 Å². The second kappa shape index (κ2) is 6.71. The summed E-state index contributed by atoms with van der Waals surface area (Å²) in [5.74, 6) is 0.723. The van der Waals surface area contributed by atoms with Crippen molar-refractivity contribution in [3.05, 3.63) is 0 Å². The summed E-state index contributed by atoms with van der Waals surface area (Å²) in [6.45, 7) is 8.10. The van der Waals surface area contributed by atoms with Crippen molar-refractivity contribution >= 4 is 9.84 Å². The minimum Gasteiger partial charge on any atom is -0.377 e. The molecule has 0 aromatic carbocycles. The highest BCUT2D eigenvalue weighted by Crippen LogP contribution is 2.16. The molecule has 5 heteroatoms. The van der Waals surface area contributed by atoms with Gasteiger partial charge < -0.3 is 10.1 Å². The highest BCUT2D eigenvalue weighted by Gasteiger charge is 2.27. The van der Waals surface area contributed by atoms with Crippen LogP contribution >= 0.6 is 0 Å². The largest absolute Gasteiger partial charge is 0.377 e. The minimum absolute atomic E-state index is 0.0763. The Morgan fingerprint density at radius 1 is 1.29 bits per heavy atom. The number of hydrogen-bond donors (Lipinski definition) is 1. The molecule has 2 unspecified atom stereocenters. The number of nitrogens with one attached hydrogen (secondary N) is 1. The van der Waals surface area contributed by atoms with E-state index in [1.165, 1.54) is 0 Å². The van der Waals surface area contributed by atoms with Gasteiger partial charge >= 0.3 is 0 Å². The third-order valence-electron chi connectivity index (χ3n) is 3.04. The molecule has 0 amide bonds. The molecule has 1 aliphatic heterocycles. The summed E-state index contributed by atoms with van der Waals surface area (Å²) in [6, 6.07) is 0. The fraction of sp³-hybridized carbons (Fsp3) is 1.00. The lowest BCUT2D eigenvalue weighted by molar-refractivity contribution is 0.127. The molecular weight excluding hydrogens is 238 g/mol. The molecule has 0 spiro atoms. The lowest BCUT2D eigenvalue weighted by Crippen LogP contribution is -2.36. The van der Waals surface area contributed by atoms with Gasteiger partial charge in [-0.25, -0.2) is 8.42 Å². The first kappa shape index (κ1) is 14.9. The van der Waals surface area contributed by atoms with E-state index in [0.29, 0.717) is 19.1 Å². The zero-order chi connectivity index (χ0) is 12.9. The standard InChI is InChI=1S/C12H25NO3S/c1-10(2)7-13-8-11(3)17(14,15)9-12-5-4-6-16-12/h10-13H,4-9H2,1-3H3. The van der Waals surface area contributed by atoms with Crippen LogP contribution in [0.2, 0.25) is 0 Å². The summed E-state index contributed by atoms with van der Waals surface area (Å²) in [5.41, 5.74) is 0. The van der Waals surface area contributed by atoms with Crippen molar-refractivity contribution in [1.29, 1.82) is 0 Å². The number of rotatable bonds is 7. The Bertz CT molecular complexity index is 308. The third-order valence-corrected chi connectivity index (χ3v) is 5.27. The summed E-state index contributed by atoms with van der Waals surface area (Å²) in [5, 5.41) is 2.87. The van der Waals surface area contributed by atoms with Crippen LogP contribution in [-0.4, -0.2) is 45.2 Å². The molecule has 0 saturated carbocycles. The van der Waals surface area contributed by atoms with Crippen LogP contribution in [0.1, 0.15) is 33.6 Å². The lowest BCUT2D eigenvalue weighted by atomic mass is 10.2. The first-order chi connectivity index (χ1) is 7.92. The third kappa shape index (κ3) is 5.36. The van der Waals surface area contributed by atoms with Gasteiger partial charge in [-0.05, 0) is 32.2 Å². The lowest BCUT2D eigenvalue weighted by Gasteiger charge is -2.17. The summed E-state index contributed by atoms with van der Waals surface area (Å²) >= 11 is 0. The van der Waals surface area contributed by atoms with Gasteiger partial charge in [-0.1, -0.05) is 13.8 Å². The smallest absolute Gasteiger partial charge is 0.156 e. The van der Waals surface area contributed by atoms with E-state index in [4.69, 9.17) is 4.74 Å². The average molecular weight is 263 g/mol. The normalized spacial score (nSPS) is 23.2. The Hall–Kier alpha value is -0.130. The second-order valence-corrected chi connectivity index (χ2v) is 7.79. The Balaban J connectivity index is 2.34. The maximum Gasteiger partial charge on any atom is 0.156 e. The maximum atomic E-state index is 12.0. The fourth-order valence-corrected chi connectivity index (χ4v) is 3.38. The fourth-order valence-electron chi connectivity index (χ4n) is 1.90. The van der Waals surface area contributed by atoms with E-state index in [0.717, 1.165) is 19.4 Å². The van der Waals surface area contributed by atoms with Crippen LogP contribution in [0.25, 0.3) is 0 Å². The zero-order valence-corrected chi connectivity index (χ0v) is 11.9. The number of sulfone groups is 1. The Labute approximate surface area is 105 Å². The van der Waals surface area contributed by atoms with Gasteiger partial charge in [-0.3, -0.25) is 0 Å². The minimum atomic E-state index is -3.03. The van der Waals surface area contributed by atoms with Gasteiger partial charge in [-0.2, -0.15) is 0 Å². The van der Waals surface area contributed by atoms with Crippen LogP contribution in [0, 0.1) is 5.92 Å². The maximum absolute atomic E-state index is 12.0. The van der Waals surface area contributed by atoms with Crippen LogP contribution < -0.4 is 5.32 Å². The molecule has 0 bridgehead atoms. The second-order valence-electron chi connectivity index (χ2n) is 5.33. The monoisotopic (exact) mass is 263 g/mol. The molecule has 0 aliphatic carbocycles. The molecule has 17 heavy (non-hydrogen) atoms. The summed E-state index contributed by atoms with van der Waals surface area (Å²) < 4.78 is 29.5. The molecule has 1 saturated heterocycles. The Morgan fingerprint density at radius 3 is 2.53 bits per heavy atom. The molecule has 1 rings (SSSR count). The van der Waals surface area contributed by atoms with E-state index in [1.54, 1.807) is 6.92 Å². The average Bonchev–Trinajstić information content (AvgIpc) is 2.68. The van der Waals surface area contributed by atoms with Crippen molar-refractivity contribution in [1.82, 2.24) is 5.32 Å². The van der Waals surface area contributed by atoms with E-state index in [-0.39, 0.29) is 17.1 Å². The highest BCUT2D eigenvalue weighted by atomic mass is 32.2. The Kier molecular flexibility index (Phi) is 5.89. The van der Waals surface area contributed by atoms with Gasteiger partial charge in [0.2, 0.25) is 0 Å². The highest BCUT2D eigenvalue weighted by molar-refractivity contribution is 7.92. The van der Waals surface area contributed by atoms with Crippen molar-refractivity contribution < 1.29 is 13.2 Å². The van der Waals surface area contributed by atoms with Gasteiger partial charge in [0.05, 0.1) is 17.1 Å². The van der Waals surface area contributed by atoms with Gasteiger partial charge in [0, 0.05) is 13.2 Å². The first-order valence-corrected chi connectivity index (χ1v) is 8.17. The molecule has 1 aliphatic rings. The van der Waals surface area contributed by atoms with Crippen molar-refractivity contribution in [2.24, 2.45) is 5.92 Å². The molecule has 1 heterocycles. The molecule has 1 fully saturated rings. The summed E-state index contributed by atoms with van der Waals surface area (Å²) in [4.78, 5) is 0. The number of ether oxygens (including phenoxy) is 1. The van der Waals surface area contributed by atoms with Crippen molar-refractivity contribution in [3.8, 4) is 0 Å². The van der Waals surface area contributed by atoms with Gasteiger partial charge in [0.15, 0.2) is 9.84 Å². The van der Waals surface area contributed by atoms with Gasteiger partial charge in [-0.15, -0.1) is 0 Å². The van der Waals surface area contributed by atoms with Crippen LogP contribution in [0.15, 0.2) is 0 Å². The van der Waals surface area contributed by atoms with Crippen LogP contribution in [0.5, 0.6) is 0 Å². The molecule has 0 aromatic heterocycles. The first-order valence-electron chi connectivity index (χ1n) is 6.45. The Morgan fingerprint density at radius 2 is 2.00 bits per heavy atom. The SMILES string of the molecule is CC(C)CNCC(C)S(=O)(=O)CC1CCCO1. The van der Waals surface area contributed by atoms with Crippen LogP contribution in [0.3, 0.4) is 0 Å². The summed E-state index contributed by atoms with van der Waals surface area (Å²) in [7, 11) is -3.03. The van der Waals surface area contributed by atoms with Gasteiger partial charge in [0.25, 0.3) is 0 Å². The predicted molar refractivity (Wildman–Crippen MR) is 69.9 cm³/mol. The van der Waals surface area contributed by atoms with E-state index < -0.39 is 9.84 Å². The molecule has 1 N–H and O–H groups in total. The topological polar surface area (TPSA) is 55.4 Å².